The summed E-state index contributed by atoms with van der Waals surface area (Å²) in [5.74, 6) is -0.180. The SMILES string of the molecule is O=C(/C=C/c1ccccc1Cl)Nc1ccc(I)cc1. The molecule has 0 fully saturated rings. The van der Waals surface area contributed by atoms with Gasteiger partial charge in [-0.05, 0) is 64.6 Å². The third-order valence-electron chi connectivity index (χ3n) is 2.43. The lowest BCUT2D eigenvalue weighted by Gasteiger charge is -2.02. The van der Waals surface area contributed by atoms with E-state index in [0.717, 1.165) is 14.8 Å². The number of benzene rings is 2. The third-order valence-corrected chi connectivity index (χ3v) is 3.49. The Hall–Kier alpha value is -1.33. The number of rotatable bonds is 3. The van der Waals surface area contributed by atoms with Crippen LogP contribution in [0, 0.1) is 3.57 Å². The van der Waals surface area contributed by atoms with E-state index in [0.29, 0.717) is 5.02 Å². The molecule has 0 saturated heterocycles. The number of hydrogen-bond acceptors (Lipinski definition) is 1. The predicted octanol–water partition coefficient (Wildman–Crippen LogP) is 4.60. The van der Waals surface area contributed by atoms with Crippen molar-refractivity contribution >= 4 is 51.9 Å². The van der Waals surface area contributed by atoms with Crippen LogP contribution in [0.3, 0.4) is 0 Å². The number of anilines is 1. The summed E-state index contributed by atoms with van der Waals surface area (Å²) in [6, 6.07) is 15.0. The molecule has 0 radical (unpaired) electrons. The molecular weight excluding hydrogens is 373 g/mol. The minimum atomic E-state index is -0.180. The van der Waals surface area contributed by atoms with Gasteiger partial charge >= 0.3 is 0 Å². The van der Waals surface area contributed by atoms with Gasteiger partial charge in [0, 0.05) is 20.4 Å². The quantitative estimate of drug-likeness (QED) is 0.609. The van der Waals surface area contributed by atoms with E-state index in [1.807, 2.05) is 42.5 Å². The fraction of sp³-hybridized carbons (Fsp3) is 0. The Kier molecular flexibility index (Phi) is 4.99. The second-order valence-corrected chi connectivity index (χ2v) is 5.50. The molecule has 0 spiro atoms. The van der Waals surface area contributed by atoms with Crippen molar-refractivity contribution in [1.29, 1.82) is 0 Å². The molecule has 0 aromatic heterocycles. The van der Waals surface area contributed by atoms with Gasteiger partial charge < -0.3 is 5.32 Å². The van der Waals surface area contributed by atoms with Gasteiger partial charge in [-0.2, -0.15) is 0 Å². The maximum absolute atomic E-state index is 11.7. The molecule has 1 amide bonds. The molecule has 0 atom stereocenters. The average molecular weight is 384 g/mol. The Morgan fingerprint density at radius 3 is 2.47 bits per heavy atom. The van der Waals surface area contributed by atoms with E-state index in [1.165, 1.54) is 6.08 Å². The van der Waals surface area contributed by atoms with Crippen LogP contribution in [0.2, 0.25) is 5.02 Å². The number of halogens is 2. The van der Waals surface area contributed by atoms with Crippen molar-refractivity contribution in [3.05, 3.63) is 68.8 Å². The van der Waals surface area contributed by atoms with Gasteiger partial charge in [0.1, 0.15) is 0 Å². The van der Waals surface area contributed by atoms with Crippen LogP contribution in [0.1, 0.15) is 5.56 Å². The zero-order valence-corrected chi connectivity index (χ0v) is 12.9. The van der Waals surface area contributed by atoms with Gasteiger partial charge in [-0.25, -0.2) is 0 Å². The fourth-order valence-corrected chi connectivity index (χ4v) is 2.05. The minimum Gasteiger partial charge on any atom is -0.323 e. The van der Waals surface area contributed by atoms with Crippen molar-refractivity contribution in [3.8, 4) is 0 Å². The second kappa shape index (κ2) is 6.73. The van der Waals surface area contributed by atoms with Crippen molar-refractivity contribution in [2.75, 3.05) is 5.32 Å². The van der Waals surface area contributed by atoms with Crippen LogP contribution >= 0.6 is 34.2 Å². The molecule has 0 saturated carbocycles. The normalized spacial score (nSPS) is 10.6. The van der Waals surface area contributed by atoms with E-state index in [4.69, 9.17) is 11.6 Å². The molecule has 1 N–H and O–H groups in total. The molecule has 2 aromatic rings. The molecule has 2 rings (SSSR count). The summed E-state index contributed by atoms with van der Waals surface area (Å²) in [6.45, 7) is 0. The van der Waals surface area contributed by atoms with E-state index in [2.05, 4.69) is 27.9 Å². The van der Waals surface area contributed by atoms with Crippen LogP contribution < -0.4 is 5.32 Å². The molecule has 19 heavy (non-hydrogen) atoms. The zero-order chi connectivity index (χ0) is 13.7. The van der Waals surface area contributed by atoms with E-state index in [1.54, 1.807) is 12.1 Å². The summed E-state index contributed by atoms with van der Waals surface area (Å²) in [4.78, 5) is 11.7. The van der Waals surface area contributed by atoms with Crippen LogP contribution in [0.5, 0.6) is 0 Å². The smallest absolute Gasteiger partial charge is 0.248 e. The van der Waals surface area contributed by atoms with Gasteiger partial charge in [-0.15, -0.1) is 0 Å². The Balaban J connectivity index is 2.02. The Labute approximate surface area is 130 Å². The Bertz CT molecular complexity index is 608. The first kappa shape index (κ1) is 14.1. The number of carbonyl (C=O) groups is 1. The lowest BCUT2D eigenvalue weighted by atomic mass is 10.2. The van der Waals surface area contributed by atoms with Crippen molar-refractivity contribution in [2.45, 2.75) is 0 Å². The van der Waals surface area contributed by atoms with Crippen LogP contribution in [-0.4, -0.2) is 5.91 Å². The highest BCUT2D eigenvalue weighted by Crippen LogP contribution is 2.16. The number of amides is 1. The summed E-state index contributed by atoms with van der Waals surface area (Å²) in [7, 11) is 0. The Morgan fingerprint density at radius 2 is 1.79 bits per heavy atom. The number of hydrogen-bond donors (Lipinski definition) is 1. The second-order valence-electron chi connectivity index (χ2n) is 3.85. The molecule has 0 aliphatic rings. The van der Waals surface area contributed by atoms with Crippen molar-refractivity contribution < 1.29 is 4.79 Å². The van der Waals surface area contributed by atoms with E-state index >= 15 is 0 Å². The van der Waals surface area contributed by atoms with E-state index < -0.39 is 0 Å². The molecule has 4 heteroatoms. The van der Waals surface area contributed by atoms with Gasteiger partial charge in [0.05, 0.1) is 0 Å². The molecule has 96 valence electrons. The Morgan fingerprint density at radius 1 is 1.11 bits per heavy atom. The molecule has 0 bridgehead atoms. The van der Waals surface area contributed by atoms with Gasteiger partial charge in [-0.1, -0.05) is 29.8 Å². The summed E-state index contributed by atoms with van der Waals surface area (Å²) in [5, 5.41) is 3.41. The zero-order valence-electron chi connectivity index (χ0n) is 9.94. The van der Waals surface area contributed by atoms with Crippen LogP contribution in [0.25, 0.3) is 6.08 Å². The number of carbonyl (C=O) groups excluding carboxylic acids is 1. The van der Waals surface area contributed by atoms with Crippen LogP contribution in [0.15, 0.2) is 54.6 Å². The first-order valence-electron chi connectivity index (χ1n) is 5.64. The first-order chi connectivity index (χ1) is 9.15. The minimum absolute atomic E-state index is 0.180. The van der Waals surface area contributed by atoms with Gasteiger partial charge in [0.25, 0.3) is 0 Å². The van der Waals surface area contributed by atoms with Crippen molar-refractivity contribution in [2.24, 2.45) is 0 Å². The molecule has 0 heterocycles. The lowest BCUT2D eigenvalue weighted by molar-refractivity contribution is -0.111. The highest BCUT2D eigenvalue weighted by Gasteiger charge is 1.99. The lowest BCUT2D eigenvalue weighted by Crippen LogP contribution is -2.07. The van der Waals surface area contributed by atoms with E-state index in [9.17, 15) is 4.79 Å². The monoisotopic (exact) mass is 383 g/mol. The largest absolute Gasteiger partial charge is 0.323 e. The first-order valence-corrected chi connectivity index (χ1v) is 7.10. The molecule has 0 aliphatic carbocycles. The molecular formula is C15H11ClINO. The predicted molar refractivity (Wildman–Crippen MR) is 88.3 cm³/mol. The number of nitrogens with one attached hydrogen (secondary N) is 1. The highest BCUT2D eigenvalue weighted by molar-refractivity contribution is 14.1. The van der Waals surface area contributed by atoms with Crippen molar-refractivity contribution in [3.63, 3.8) is 0 Å². The maximum Gasteiger partial charge on any atom is 0.248 e. The molecule has 0 unspecified atom stereocenters. The van der Waals surface area contributed by atoms with Gasteiger partial charge in [-0.3, -0.25) is 4.79 Å². The van der Waals surface area contributed by atoms with Crippen LogP contribution in [-0.2, 0) is 4.79 Å². The van der Waals surface area contributed by atoms with Gasteiger partial charge in [0.15, 0.2) is 0 Å². The third kappa shape index (κ3) is 4.36. The molecule has 0 aliphatic heterocycles. The fourth-order valence-electron chi connectivity index (χ4n) is 1.49. The highest BCUT2D eigenvalue weighted by atomic mass is 127. The average Bonchev–Trinajstić information content (AvgIpc) is 2.40. The van der Waals surface area contributed by atoms with Crippen molar-refractivity contribution in [1.82, 2.24) is 0 Å². The van der Waals surface area contributed by atoms with E-state index in [-0.39, 0.29) is 5.91 Å². The summed E-state index contributed by atoms with van der Waals surface area (Å²) in [5.41, 5.74) is 1.59. The topological polar surface area (TPSA) is 29.1 Å². The summed E-state index contributed by atoms with van der Waals surface area (Å²) >= 11 is 8.22. The van der Waals surface area contributed by atoms with Crippen LogP contribution in [0.4, 0.5) is 5.69 Å². The maximum atomic E-state index is 11.7. The molecule has 2 aromatic carbocycles. The summed E-state index contributed by atoms with van der Waals surface area (Å²) < 4.78 is 1.13. The summed E-state index contributed by atoms with van der Waals surface area (Å²) in [6.07, 6.45) is 3.17. The van der Waals surface area contributed by atoms with Gasteiger partial charge in [0.2, 0.25) is 5.91 Å². The standard InChI is InChI=1S/C15H11ClINO/c16-14-4-2-1-3-11(14)5-10-15(19)18-13-8-6-12(17)7-9-13/h1-10H,(H,18,19)/b10-5+. The molecule has 2 nitrogen and oxygen atoms in total.